The van der Waals surface area contributed by atoms with Crippen LogP contribution in [0.15, 0.2) is 59.3 Å². The Morgan fingerprint density at radius 3 is 2.32 bits per heavy atom. The molecule has 0 saturated heterocycles. The standard InChI is InChI=1S/C16H20BrN3O2.C10H14.C2H6/c1-3-6-20-16-13(21-2)8-11(14(17)15(16)18)10-22-12-5-4-7-19-9-12;1-8(2)10-6-4-9(3)5-7-10;1-2/h4-5,7-9,20H,3,6,10,18H2,1-2H3;4-8H,1-3H3;1-2H3. The summed E-state index contributed by atoms with van der Waals surface area (Å²) in [6.07, 6.45) is 4.38. The molecule has 3 N–H and O–H groups in total. The Morgan fingerprint density at radius 2 is 1.79 bits per heavy atom. The molecular weight excluding hydrogens is 490 g/mol. The first-order valence-corrected chi connectivity index (χ1v) is 12.6. The number of nitrogens with two attached hydrogens (primary N) is 1. The third-order valence-corrected chi connectivity index (χ3v) is 5.82. The summed E-state index contributed by atoms with van der Waals surface area (Å²) in [6.45, 7) is 13.8. The summed E-state index contributed by atoms with van der Waals surface area (Å²) < 4.78 is 12.0. The number of nitrogens with one attached hydrogen (secondary N) is 1. The van der Waals surface area contributed by atoms with Crippen LogP contribution in [0.1, 0.15) is 63.6 Å². The van der Waals surface area contributed by atoms with Crippen LogP contribution in [0.25, 0.3) is 0 Å². The maximum atomic E-state index is 6.21. The molecule has 6 heteroatoms. The Kier molecular flexibility index (Phi) is 13.8. The minimum Gasteiger partial charge on any atom is -0.494 e. The van der Waals surface area contributed by atoms with E-state index in [1.54, 1.807) is 19.5 Å². The lowest BCUT2D eigenvalue weighted by atomic mass is 10.0. The number of hydrogen-bond acceptors (Lipinski definition) is 5. The Balaban J connectivity index is 0.000000402. The fourth-order valence-corrected chi connectivity index (χ4v) is 3.38. The first kappa shape index (κ1) is 29.3. The van der Waals surface area contributed by atoms with Crippen molar-refractivity contribution in [2.45, 2.75) is 60.5 Å². The summed E-state index contributed by atoms with van der Waals surface area (Å²) in [5.74, 6) is 2.07. The highest BCUT2D eigenvalue weighted by molar-refractivity contribution is 9.10. The van der Waals surface area contributed by atoms with Crippen LogP contribution in [-0.4, -0.2) is 18.6 Å². The zero-order valence-corrected chi connectivity index (χ0v) is 23.2. The van der Waals surface area contributed by atoms with Crippen LogP contribution in [0.5, 0.6) is 11.5 Å². The van der Waals surface area contributed by atoms with E-state index in [1.165, 1.54) is 11.1 Å². The lowest BCUT2D eigenvalue weighted by Gasteiger charge is -2.17. The van der Waals surface area contributed by atoms with Gasteiger partial charge in [-0.2, -0.15) is 0 Å². The zero-order chi connectivity index (χ0) is 25.5. The number of pyridine rings is 1. The lowest BCUT2D eigenvalue weighted by Crippen LogP contribution is -2.08. The maximum Gasteiger partial charge on any atom is 0.144 e. The summed E-state index contributed by atoms with van der Waals surface area (Å²) >= 11 is 3.54. The Bertz CT molecular complexity index is 962. The van der Waals surface area contributed by atoms with E-state index in [4.69, 9.17) is 15.2 Å². The Labute approximate surface area is 214 Å². The number of methoxy groups -OCH3 is 1. The van der Waals surface area contributed by atoms with Crippen LogP contribution in [0.4, 0.5) is 11.4 Å². The van der Waals surface area contributed by atoms with E-state index in [-0.39, 0.29) is 0 Å². The van der Waals surface area contributed by atoms with Gasteiger partial charge in [0.25, 0.3) is 0 Å². The predicted octanol–water partition coefficient (Wildman–Crippen LogP) is 7.98. The molecule has 0 atom stereocenters. The van der Waals surface area contributed by atoms with Gasteiger partial charge in [-0.1, -0.05) is 64.4 Å². The molecule has 0 saturated carbocycles. The molecule has 1 heterocycles. The van der Waals surface area contributed by atoms with E-state index in [9.17, 15) is 0 Å². The van der Waals surface area contributed by atoms with Gasteiger partial charge in [-0.05, 0) is 59.0 Å². The summed E-state index contributed by atoms with van der Waals surface area (Å²) in [5.41, 5.74) is 11.3. The smallest absolute Gasteiger partial charge is 0.144 e. The van der Waals surface area contributed by atoms with Crippen molar-refractivity contribution in [2.75, 3.05) is 24.7 Å². The number of anilines is 2. The van der Waals surface area contributed by atoms with Gasteiger partial charge >= 0.3 is 0 Å². The number of benzene rings is 2. The normalized spacial score (nSPS) is 9.91. The minimum absolute atomic E-state index is 0.376. The van der Waals surface area contributed by atoms with Gasteiger partial charge in [-0.3, -0.25) is 4.98 Å². The van der Waals surface area contributed by atoms with Crippen molar-refractivity contribution in [1.82, 2.24) is 4.98 Å². The molecular formula is C28H40BrN3O2. The van der Waals surface area contributed by atoms with E-state index in [0.29, 0.717) is 29.7 Å². The quantitative estimate of drug-likeness (QED) is 0.289. The summed E-state index contributed by atoms with van der Waals surface area (Å²) in [6, 6.07) is 14.3. The van der Waals surface area contributed by atoms with Crippen molar-refractivity contribution < 1.29 is 9.47 Å². The number of rotatable bonds is 8. The fourth-order valence-electron chi connectivity index (χ4n) is 2.95. The molecule has 3 rings (SSSR count). The van der Waals surface area contributed by atoms with Gasteiger partial charge in [-0.25, -0.2) is 0 Å². The zero-order valence-electron chi connectivity index (χ0n) is 21.6. The van der Waals surface area contributed by atoms with Gasteiger partial charge in [0.1, 0.15) is 23.8 Å². The first-order chi connectivity index (χ1) is 16.4. The van der Waals surface area contributed by atoms with E-state index < -0.39 is 0 Å². The van der Waals surface area contributed by atoms with Crippen molar-refractivity contribution in [1.29, 1.82) is 0 Å². The fraction of sp³-hybridized carbons (Fsp3) is 0.393. The van der Waals surface area contributed by atoms with Gasteiger partial charge < -0.3 is 20.5 Å². The average molecular weight is 531 g/mol. The number of aryl methyl sites for hydroxylation is 1. The molecule has 0 spiro atoms. The van der Waals surface area contributed by atoms with Crippen LogP contribution in [0, 0.1) is 6.92 Å². The predicted molar refractivity (Wildman–Crippen MR) is 149 cm³/mol. The van der Waals surface area contributed by atoms with E-state index in [1.807, 2.05) is 32.0 Å². The second kappa shape index (κ2) is 16.0. The first-order valence-electron chi connectivity index (χ1n) is 11.8. The number of ether oxygens (including phenoxy) is 2. The summed E-state index contributed by atoms with van der Waals surface area (Å²) in [4.78, 5) is 4.02. The highest BCUT2D eigenvalue weighted by Gasteiger charge is 2.15. The van der Waals surface area contributed by atoms with Crippen LogP contribution >= 0.6 is 15.9 Å². The van der Waals surface area contributed by atoms with Crippen molar-refractivity contribution in [3.05, 3.63) is 76.0 Å². The van der Waals surface area contributed by atoms with Crippen molar-refractivity contribution >= 4 is 27.3 Å². The van der Waals surface area contributed by atoms with Crippen LogP contribution in [0.2, 0.25) is 0 Å². The molecule has 1 aromatic heterocycles. The summed E-state index contributed by atoms with van der Waals surface area (Å²) in [5, 5.41) is 3.29. The van der Waals surface area contributed by atoms with Crippen molar-refractivity contribution in [3.63, 3.8) is 0 Å². The van der Waals surface area contributed by atoms with E-state index in [0.717, 1.165) is 28.7 Å². The molecule has 3 aromatic rings. The van der Waals surface area contributed by atoms with Gasteiger partial charge in [0.2, 0.25) is 0 Å². The maximum absolute atomic E-state index is 6.21. The van der Waals surface area contributed by atoms with Gasteiger partial charge in [0.15, 0.2) is 0 Å². The van der Waals surface area contributed by atoms with E-state index >= 15 is 0 Å². The highest BCUT2D eigenvalue weighted by atomic mass is 79.9. The molecule has 0 bridgehead atoms. The monoisotopic (exact) mass is 529 g/mol. The molecule has 34 heavy (non-hydrogen) atoms. The molecule has 0 radical (unpaired) electrons. The van der Waals surface area contributed by atoms with Crippen LogP contribution in [-0.2, 0) is 6.61 Å². The number of hydrogen-bond donors (Lipinski definition) is 2. The number of nitrogens with zero attached hydrogens (tertiary/aromatic N) is 1. The Morgan fingerprint density at radius 1 is 1.12 bits per heavy atom. The van der Waals surface area contributed by atoms with Gasteiger partial charge in [-0.15, -0.1) is 0 Å². The molecule has 0 fully saturated rings. The summed E-state index contributed by atoms with van der Waals surface area (Å²) in [7, 11) is 1.63. The second-order valence-corrected chi connectivity index (χ2v) is 8.60. The van der Waals surface area contributed by atoms with Crippen LogP contribution in [0.3, 0.4) is 0 Å². The lowest BCUT2D eigenvalue weighted by molar-refractivity contribution is 0.303. The van der Waals surface area contributed by atoms with Crippen LogP contribution < -0.4 is 20.5 Å². The minimum atomic E-state index is 0.376. The Hall–Kier alpha value is -2.73. The molecule has 0 aliphatic heterocycles. The average Bonchev–Trinajstić information content (AvgIpc) is 2.86. The third-order valence-electron chi connectivity index (χ3n) is 4.88. The van der Waals surface area contributed by atoms with Crippen molar-refractivity contribution in [3.8, 4) is 11.5 Å². The largest absolute Gasteiger partial charge is 0.494 e. The molecule has 0 unspecified atom stereocenters. The SMILES string of the molecule is CC.CCCNc1c(OC)cc(COc2cccnc2)c(Br)c1N.Cc1ccc(C(C)C)cc1. The molecule has 0 aliphatic carbocycles. The number of nitrogen functional groups attached to an aromatic ring is 1. The van der Waals surface area contributed by atoms with Gasteiger partial charge in [0.05, 0.1) is 19.0 Å². The highest BCUT2D eigenvalue weighted by Crippen LogP contribution is 2.39. The molecule has 186 valence electrons. The molecule has 0 amide bonds. The topological polar surface area (TPSA) is 69.4 Å². The molecule has 5 nitrogen and oxygen atoms in total. The van der Waals surface area contributed by atoms with E-state index in [2.05, 4.69) is 78.2 Å². The second-order valence-electron chi connectivity index (χ2n) is 7.81. The number of halogens is 1. The number of aromatic nitrogens is 1. The van der Waals surface area contributed by atoms with Gasteiger partial charge in [0, 0.05) is 22.8 Å². The third kappa shape index (κ3) is 9.26. The molecule has 2 aromatic carbocycles. The van der Waals surface area contributed by atoms with Crippen molar-refractivity contribution in [2.24, 2.45) is 0 Å². The molecule has 0 aliphatic rings.